The third kappa shape index (κ3) is 5.35. The molecule has 0 amide bonds. The average molecular weight is 770 g/mol. The van der Waals surface area contributed by atoms with Gasteiger partial charge in [0, 0.05) is 49.1 Å². The van der Waals surface area contributed by atoms with Crippen LogP contribution in [0.1, 0.15) is 0 Å². The SMILES string of the molecule is [B]c1c(Oc2ccccc2)cc(-c2cc(-n3c4ccccc4c4ccccc43)cc3c2oc2ccccc23)cc1-c1ccc(-c2ccc3oc4ccccc4c3c2)cc1O. The summed E-state index contributed by atoms with van der Waals surface area (Å²) in [6.45, 7) is 0. The first-order valence-electron chi connectivity index (χ1n) is 19.9. The van der Waals surface area contributed by atoms with Crippen LogP contribution in [0.15, 0.2) is 197 Å². The van der Waals surface area contributed by atoms with Crippen molar-refractivity contribution in [2.75, 3.05) is 0 Å². The molecule has 60 heavy (non-hydrogen) atoms. The molecule has 280 valence electrons. The van der Waals surface area contributed by atoms with Gasteiger partial charge in [0.05, 0.1) is 11.0 Å². The second-order valence-corrected chi connectivity index (χ2v) is 15.2. The second kappa shape index (κ2) is 13.3. The summed E-state index contributed by atoms with van der Waals surface area (Å²) >= 11 is 0. The summed E-state index contributed by atoms with van der Waals surface area (Å²) in [4.78, 5) is 0. The van der Waals surface area contributed by atoms with E-state index in [-0.39, 0.29) is 5.75 Å². The van der Waals surface area contributed by atoms with Crippen molar-refractivity contribution < 1.29 is 18.7 Å². The predicted octanol–water partition coefficient (Wildman–Crippen LogP) is 13.9. The molecule has 6 heteroatoms. The first kappa shape index (κ1) is 34.1. The molecule has 0 bridgehead atoms. The fraction of sp³-hybridized carbons (Fsp3) is 0. The molecule has 0 atom stereocenters. The number of rotatable bonds is 6. The van der Waals surface area contributed by atoms with Crippen LogP contribution in [0.4, 0.5) is 0 Å². The van der Waals surface area contributed by atoms with Gasteiger partial charge in [-0.05, 0) is 107 Å². The number of aromatic nitrogens is 1. The van der Waals surface area contributed by atoms with Crippen LogP contribution in [0.25, 0.3) is 105 Å². The van der Waals surface area contributed by atoms with Crippen molar-refractivity contribution in [2.24, 2.45) is 0 Å². The minimum Gasteiger partial charge on any atom is -0.507 e. The summed E-state index contributed by atoms with van der Waals surface area (Å²) in [6.07, 6.45) is 0. The summed E-state index contributed by atoms with van der Waals surface area (Å²) in [5.74, 6) is 1.19. The molecule has 0 aliphatic heterocycles. The molecule has 3 heterocycles. The minimum absolute atomic E-state index is 0.0899. The normalized spacial score (nSPS) is 11.8. The van der Waals surface area contributed by atoms with Crippen LogP contribution in [0.5, 0.6) is 17.2 Å². The summed E-state index contributed by atoms with van der Waals surface area (Å²) in [6, 6.07) is 63.1. The summed E-state index contributed by atoms with van der Waals surface area (Å²) in [5.41, 5.74) is 11.5. The highest BCUT2D eigenvalue weighted by Crippen LogP contribution is 2.44. The van der Waals surface area contributed by atoms with Gasteiger partial charge in [0.2, 0.25) is 0 Å². The Morgan fingerprint density at radius 3 is 1.77 bits per heavy atom. The lowest BCUT2D eigenvalue weighted by Crippen LogP contribution is -2.11. The lowest BCUT2D eigenvalue weighted by molar-refractivity contribution is 0.477. The maximum absolute atomic E-state index is 11.9. The van der Waals surface area contributed by atoms with Crippen molar-refractivity contribution in [1.82, 2.24) is 4.57 Å². The molecule has 0 unspecified atom stereocenters. The number of nitrogens with zero attached hydrogens (tertiary/aromatic N) is 1. The van der Waals surface area contributed by atoms with Gasteiger partial charge in [0.1, 0.15) is 47.4 Å². The van der Waals surface area contributed by atoms with Crippen LogP contribution < -0.4 is 10.2 Å². The van der Waals surface area contributed by atoms with Crippen molar-refractivity contribution in [3.63, 3.8) is 0 Å². The van der Waals surface area contributed by atoms with E-state index >= 15 is 0 Å². The first-order chi connectivity index (χ1) is 29.6. The number of fused-ring (bicyclic) bond motifs is 9. The Morgan fingerprint density at radius 2 is 1.03 bits per heavy atom. The van der Waals surface area contributed by atoms with Gasteiger partial charge in [-0.2, -0.15) is 0 Å². The summed E-state index contributed by atoms with van der Waals surface area (Å²) in [7, 11) is 7.06. The van der Waals surface area contributed by atoms with E-state index in [1.807, 2.05) is 103 Å². The molecule has 2 radical (unpaired) electrons. The number of phenolic OH excluding ortho intramolecular Hbond substituents is 1. The highest BCUT2D eigenvalue weighted by Gasteiger charge is 2.22. The molecule has 0 spiro atoms. The third-order valence-electron chi connectivity index (χ3n) is 11.7. The highest BCUT2D eigenvalue weighted by atomic mass is 16.5. The zero-order chi connectivity index (χ0) is 39.9. The van der Waals surface area contributed by atoms with Gasteiger partial charge in [-0.25, -0.2) is 0 Å². The van der Waals surface area contributed by atoms with Crippen LogP contribution in [-0.2, 0) is 0 Å². The monoisotopic (exact) mass is 769 g/mol. The topological polar surface area (TPSA) is 60.7 Å². The highest BCUT2D eigenvalue weighted by molar-refractivity contribution is 6.38. The Bertz CT molecular complexity index is 3620. The number of para-hydroxylation sites is 5. The lowest BCUT2D eigenvalue weighted by Gasteiger charge is -2.18. The number of phenols is 1. The van der Waals surface area contributed by atoms with Crippen molar-refractivity contribution in [1.29, 1.82) is 0 Å². The van der Waals surface area contributed by atoms with Gasteiger partial charge in [-0.15, -0.1) is 0 Å². The minimum atomic E-state index is 0.0899. The number of aromatic hydroxyl groups is 1. The fourth-order valence-corrected chi connectivity index (χ4v) is 8.91. The van der Waals surface area contributed by atoms with Crippen LogP contribution in [0.3, 0.4) is 0 Å². The molecular formula is C54H32BNO4. The molecule has 12 aromatic rings. The Hall–Kier alpha value is -7.96. The maximum atomic E-state index is 11.9. The molecule has 0 saturated heterocycles. The van der Waals surface area contributed by atoms with E-state index in [0.29, 0.717) is 28.1 Å². The van der Waals surface area contributed by atoms with Gasteiger partial charge in [0.25, 0.3) is 0 Å². The molecular weight excluding hydrogens is 737 g/mol. The maximum Gasteiger partial charge on any atom is 0.143 e. The van der Waals surface area contributed by atoms with Crippen LogP contribution in [0, 0.1) is 0 Å². The third-order valence-corrected chi connectivity index (χ3v) is 11.7. The molecule has 0 aliphatic carbocycles. The van der Waals surface area contributed by atoms with Gasteiger partial charge < -0.3 is 23.2 Å². The van der Waals surface area contributed by atoms with Crippen LogP contribution in [-0.4, -0.2) is 17.5 Å². The zero-order valence-electron chi connectivity index (χ0n) is 32.1. The van der Waals surface area contributed by atoms with Crippen molar-refractivity contribution >= 4 is 79.0 Å². The van der Waals surface area contributed by atoms with Crippen molar-refractivity contribution in [2.45, 2.75) is 0 Å². The quantitative estimate of drug-likeness (QED) is 0.171. The molecule has 0 aliphatic rings. The fourth-order valence-electron chi connectivity index (χ4n) is 8.91. The van der Waals surface area contributed by atoms with E-state index in [1.54, 1.807) is 6.07 Å². The number of hydrogen-bond acceptors (Lipinski definition) is 4. The molecule has 12 rings (SSSR count). The molecule has 0 fully saturated rings. The largest absolute Gasteiger partial charge is 0.507 e. The van der Waals surface area contributed by atoms with E-state index in [0.717, 1.165) is 82.9 Å². The second-order valence-electron chi connectivity index (χ2n) is 15.2. The van der Waals surface area contributed by atoms with Crippen molar-refractivity contribution in [3.05, 3.63) is 188 Å². The zero-order valence-corrected chi connectivity index (χ0v) is 32.1. The summed E-state index contributed by atoms with van der Waals surface area (Å²) < 4.78 is 21.7. The van der Waals surface area contributed by atoms with E-state index in [2.05, 4.69) is 83.4 Å². The number of furan rings is 2. The number of ether oxygens (including phenoxy) is 1. The van der Waals surface area contributed by atoms with Gasteiger partial charge in [-0.1, -0.05) is 109 Å². The molecule has 1 N–H and O–H groups in total. The lowest BCUT2D eigenvalue weighted by atomic mass is 9.83. The van der Waals surface area contributed by atoms with Crippen LogP contribution >= 0.6 is 0 Å². The van der Waals surface area contributed by atoms with Crippen molar-refractivity contribution in [3.8, 4) is 56.3 Å². The Morgan fingerprint density at radius 1 is 0.433 bits per heavy atom. The van der Waals surface area contributed by atoms with E-state index in [1.165, 1.54) is 10.8 Å². The smallest absolute Gasteiger partial charge is 0.143 e. The number of benzene rings is 9. The Kier molecular flexibility index (Phi) is 7.56. The first-order valence-corrected chi connectivity index (χ1v) is 19.9. The van der Waals surface area contributed by atoms with Gasteiger partial charge in [-0.3, -0.25) is 0 Å². The van der Waals surface area contributed by atoms with Gasteiger partial charge in [0.15, 0.2) is 0 Å². The molecule has 0 saturated carbocycles. The van der Waals surface area contributed by atoms with E-state index in [9.17, 15) is 5.11 Å². The predicted molar refractivity (Wildman–Crippen MR) is 245 cm³/mol. The Labute approximate surface area is 345 Å². The van der Waals surface area contributed by atoms with Crippen LogP contribution in [0.2, 0.25) is 0 Å². The van der Waals surface area contributed by atoms with E-state index in [4.69, 9.17) is 21.4 Å². The molecule has 3 aromatic heterocycles. The van der Waals surface area contributed by atoms with Gasteiger partial charge >= 0.3 is 0 Å². The Balaban J connectivity index is 1.08. The summed E-state index contributed by atoms with van der Waals surface area (Å²) in [5, 5.41) is 18.3. The van der Waals surface area contributed by atoms with E-state index < -0.39 is 0 Å². The molecule has 5 nitrogen and oxygen atoms in total. The number of hydrogen-bond donors (Lipinski definition) is 1. The standard InChI is InChI=1S/C54H32BNO4/c55-53-44(39-24-22-33(28-48(39)57)32-23-25-51-43(26-32)40-16-6-10-20-49(40)59-51)27-34(29-52(53)58-36-12-2-1-3-13-36)42-30-35(31-45-41-17-7-11-21-50(41)60-54(42)45)56-46-18-8-4-14-37(46)38-15-5-9-19-47(38)56/h1-31,57H. The molecule has 9 aromatic carbocycles. The average Bonchev–Trinajstić information content (AvgIpc) is 3.97.